The van der Waals surface area contributed by atoms with Crippen LogP contribution in [0.25, 0.3) is 6.08 Å². The van der Waals surface area contributed by atoms with Crippen molar-refractivity contribution in [2.75, 3.05) is 12.0 Å². The third-order valence-corrected chi connectivity index (χ3v) is 4.88. The van der Waals surface area contributed by atoms with Gasteiger partial charge in [0.25, 0.3) is 11.8 Å². The normalized spacial score (nSPS) is 15.0. The fourth-order valence-electron chi connectivity index (χ4n) is 3.27. The average Bonchev–Trinajstić information content (AvgIpc) is 2.82. The lowest BCUT2D eigenvalue weighted by Gasteiger charge is -2.26. The van der Waals surface area contributed by atoms with Crippen LogP contribution in [0.4, 0.5) is 10.5 Å². The van der Waals surface area contributed by atoms with Gasteiger partial charge in [0.05, 0.1) is 12.8 Å². The molecule has 3 aromatic rings. The number of barbiturate groups is 1. The van der Waals surface area contributed by atoms with Crippen LogP contribution in [-0.4, -0.2) is 25.0 Å². The van der Waals surface area contributed by atoms with Gasteiger partial charge in [-0.05, 0) is 42.0 Å². The lowest BCUT2D eigenvalue weighted by atomic mass is 10.1. The molecule has 1 saturated heterocycles. The number of carbonyl (C=O) groups is 3. The second kappa shape index (κ2) is 9.18. The zero-order chi connectivity index (χ0) is 22.5. The smallest absolute Gasteiger partial charge is 0.335 e. The molecular formula is C25H20N2O5. The molecule has 0 bridgehead atoms. The van der Waals surface area contributed by atoms with E-state index in [0.717, 1.165) is 10.5 Å². The molecule has 160 valence electrons. The first-order chi connectivity index (χ1) is 15.6. The largest absolute Gasteiger partial charge is 0.496 e. The lowest BCUT2D eigenvalue weighted by Crippen LogP contribution is -2.54. The minimum atomic E-state index is -0.810. The number of imide groups is 2. The summed E-state index contributed by atoms with van der Waals surface area (Å²) in [6.07, 6.45) is 1.41. The molecule has 4 rings (SSSR count). The van der Waals surface area contributed by atoms with E-state index in [9.17, 15) is 14.4 Å². The van der Waals surface area contributed by atoms with E-state index in [1.807, 2.05) is 30.3 Å². The number of ether oxygens (including phenoxy) is 2. The highest BCUT2D eigenvalue weighted by molar-refractivity contribution is 6.39. The molecule has 1 aliphatic heterocycles. The van der Waals surface area contributed by atoms with Crippen molar-refractivity contribution in [1.82, 2.24) is 5.32 Å². The van der Waals surface area contributed by atoms with E-state index >= 15 is 0 Å². The fourth-order valence-corrected chi connectivity index (χ4v) is 3.27. The molecule has 1 aliphatic rings. The Morgan fingerprint density at radius 2 is 1.56 bits per heavy atom. The molecule has 0 unspecified atom stereocenters. The summed E-state index contributed by atoms with van der Waals surface area (Å²) in [4.78, 5) is 38.8. The number of anilines is 1. The van der Waals surface area contributed by atoms with Crippen LogP contribution in [-0.2, 0) is 16.2 Å². The predicted octanol–water partition coefficient (Wildman–Crippen LogP) is 3.94. The van der Waals surface area contributed by atoms with Crippen LogP contribution in [0.2, 0.25) is 0 Å². The lowest BCUT2D eigenvalue weighted by molar-refractivity contribution is -0.122. The van der Waals surface area contributed by atoms with Crippen molar-refractivity contribution in [2.45, 2.75) is 6.61 Å². The maximum Gasteiger partial charge on any atom is 0.335 e. The zero-order valence-electron chi connectivity index (χ0n) is 17.3. The number of urea groups is 1. The standard InChI is InChI=1S/C25H20N2O5/c1-31-22-10-6-5-9-18(22)15-21-23(28)26-25(30)27(24(21)29)19-11-13-20(14-12-19)32-16-17-7-3-2-4-8-17/h2-15H,16H2,1H3,(H,26,28,30)/b21-15+. The van der Waals surface area contributed by atoms with Crippen molar-refractivity contribution in [3.05, 3.63) is 95.6 Å². The summed E-state index contributed by atoms with van der Waals surface area (Å²) in [6, 6.07) is 22.4. The molecule has 0 aromatic heterocycles. The van der Waals surface area contributed by atoms with E-state index in [0.29, 0.717) is 29.4 Å². The Morgan fingerprint density at radius 3 is 2.28 bits per heavy atom. The molecular weight excluding hydrogens is 408 g/mol. The van der Waals surface area contributed by atoms with Crippen LogP contribution >= 0.6 is 0 Å². The quantitative estimate of drug-likeness (QED) is 0.475. The number of hydrogen-bond donors (Lipinski definition) is 1. The monoisotopic (exact) mass is 428 g/mol. The molecule has 4 amide bonds. The summed E-state index contributed by atoms with van der Waals surface area (Å²) in [5.74, 6) is -0.389. The number of carbonyl (C=O) groups excluding carboxylic acids is 3. The molecule has 1 heterocycles. The number of nitrogens with zero attached hydrogens (tertiary/aromatic N) is 1. The third-order valence-electron chi connectivity index (χ3n) is 4.88. The van der Waals surface area contributed by atoms with Gasteiger partial charge in [0.1, 0.15) is 23.7 Å². The van der Waals surface area contributed by atoms with Crippen molar-refractivity contribution in [2.24, 2.45) is 0 Å². The van der Waals surface area contributed by atoms with Crippen LogP contribution in [0.5, 0.6) is 11.5 Å². The van der Waals surface area contributed by atoms with Crippen LogP contribution < -0.4 is 19.7 Å². The van der Waals surface area contributed by atoms with Gasteiger partial charge in [-0.25, -0.2) is 9.69 Å². The van der Waals surface area contributed by atoms with E-state index in [2.05, 4.69) is 5.32 Å². The van der Waals surface area contributed by atoms with E-state index in [-0.39, 0.29) is 5.57 Å². The molecule has 1 fully saturated rings. The first-order valence-electron chi connectivity index (χ1n) is 9.88. The number of methoxy groups -OCH3 is 1. The molecule has 0 atom stereocenters. The van der Waals surface area contributed by atoms with E-state index in [4.69, 9.17) is 9.47 Å². The molecule has 3 aromatic carbocycles. The van der Waals surface area contributed by atoms with Gasteiger partial charge in [-0.2, -0.15) is 0 Å². The third kappa shape index (κ3) is 4.37. The number of rotatable bonds is 6. The second-order valence-electron chi connectivity index (χ2n) is 6.97. The Labute approximate surface area is 184 Å². The Kier molecular flexibility index (Phi) is 5.98. The predicted molar refractivity (Wildman–Crippen MR) is 119 cm³/mol. The highest BCUT2D eigenvalue weighted by atomic mass is 16.5. The van der Waals surface area contributed by atoms with Gasteiger partial charge in [-0.15, -0.1) is 0 Å². The van der Waals surface area contributed by atoms with Crippen LogP contribution in [0.1, 0.15) is 11.1 Å². The molecule has 0 spiro atoms. The van der Waals surface area contributed by atoms with Crippen LogP contribution in [0.3, 0.4) is 0 Å². The van der Waals surface area contributed by atoms with Gasteiger partial charge < -0.3 is 9.47 Å². The minimum absolute atomic E-state index is 0.168. The molecule has 0 radical (unpaired) electrons. The average molecular weight is 428 g/mol. The topological polar surface area (TPSA) is 84.9 Å². The van der Waals surface area contributed by atoms with E-state index in [1.54, 1.807) is 48.5 Å². The van der Waals surface area contributed by atoms with Gasteiger partial charge in [-0.1, -0.05) is 48.5 Å². The maximum absolute atomic E-state index is 13.1. The van der Waals surface area contributed by atoms with Crippen molar-refractivity contribution in [3.8, 4) is 11.5 Å². The van der Waals surface area contributed by atoms with Crippen molar-refractivity contribution < 1.29 is 23.9 Å². The van der Waals surface area contributed by atoms with E-state index < -0.39 is 17.8 Å². The molecule has 0 aliphatic carbocycles. The van der Waals surface area contributed by atoms with Gasteiger partial charge in [0.15, 0.2) is 0 Å². The summed E-state index contributed by atoms with van der Waals surface area (Å²) in [7, 11) is 1.50. The van der Waals surface area contributed by atoms with Crippen molar-refractivity contribution in [3.63, 3.8) is 0 Å². The highest BCUT2D eigenvalue weighted by Crippen LogP contribution is 2.26. The van der Waals surface area contributed by atoms with Gasteiger partial charge in [0, 0.05) is 5.56 Å². The summed E-state index contributed by atoms with van der Waals surface area (Å²) >= 11 is 0. The number of para-hydroxylation sites is 1. The van der Waals surface area contributed by atoms with Crippen molar-refractivity contribution >= 4 is 29.6 Å². The zero-order valence-corrected chi connectivity index (χ0v) is 17.3. The molecule has 1 N–H and O–H groups in total. The number of nitrogens with one attached hydrogen (secondary N) is 1. The Morgan fingerprint density at radius 1 is 0.875 bits per heavy atom. The molecule has 7 nitrogen and oxygen atoms in total. The van der Waals surface area contributed by atoms with Gasteiger partial charge >= 0.3 is 6.03 Å². The van der Waals surface area contributed by atoms with Crippen molar-refractivity contribution in [1.29, 1.82) is 0 Å². The number of amides is 4. The second-order valence-corrected chi connectivity index (χ2v) is 6.97. The Balaban J connectivity index is 1.56. The summed E-state index contributed by atoms with van der Waals surface area (Å²) < 4.78 is 11.0. The first-order valence-corrected chi connectivity index (χ1v) is 9.88. The first kappa shape index (κ1) is 20.9. The Hall–Kier alpha value is -4.39. The fraction of sp³-hybridized carbons (Fsp3) is 0.0800. The van der Waals surface area contributed by atoms with Crippen LogP contribution in [0, 0.1) is 0 Å². The summed E-state index contributed by atoms with van der Waals surface area (Å²) in [5.41, 5.74) is 1.72. The highest BCUT2D eigenvalue weighted by Gasteiger charge is 2.37. The Bertz CT molecular complexity index is 1190. The maximum atomic E-state index is 13.1. The SMILES string of the molecule is COc1ccccc1/C=C1\C(=O)NC(=O)N(c2ccc(OCc3ccccc3)cc2)C1=O. The van der Waals surface area contributed by atoms with E-state index in [1.165, 1.54) is 13.2 Å². The molecule has 32 heavy (non-hydrogen) atoms. The van der Waals surface area contributed by atoms with Crippen LogP contribution in [0.15, 0.2) is 84.4 Å². The van der Waals surface area contributed by atoms with Gasteiger partial charge in [0.2, 0.25) is 0 Å². The minimum Gasteiger partial charge on any atom is -0.496 e. The summed E-state index contributed by atoms with van der Waals surface area (Å²) in [5, 5.41) is 2.21. The molecule has 0 saturated carbocycles. The number of hydrogen-bond acceptors (Lipinski definition) is 5. The number of benzene rings is 3. The molecule has 7 heteroatoms. The summed E-state index contributed by atoms with van der Waals surface area (Å²) in [6.45, 7) is 0.392. The van der Waals surface area contributed by atoms with Gasteiger partial charge in [-0.3, -0.25) is 14.9 Å².